The molecule has 3 aromatic heterocycles. The van der Waals surface area contributed by atoms with Crippen LogP contribution in [-0.2, 0) is 24.1 Å². The van der Waals surface area contributed by atoms with E-state index in [-0.39, 0.29) is 30.3 Å². The zero-order valence-electron chi connectivity index (χ0n) is 19.3. The van der Waals surface area contributed by atoms with Crippen LogP contribution in [0.2, 0.25) is 0 Å². The number of ether oxygens (including phenoxy) is 2. The van der Waals surface area contributed by atoms with Gasteiger partial charge in [-0.2, -0.15) is 13.2 Å². The molecule has 0 aliphatic heterocycles. The molecule has 184 valence electrons. The number of halogens is 3. The Balaban J connectivity index is 1.53. The van der Waals surface area contributed by atoms with Crippen LogP contribution in [0.25, 0.3) is 11.5 Å². The number of nitrogens with zero attached hydrogens (tertiary/aromatic N) is 5. The van der Waals surface area contributed by atoms with Crippen molar-refractivity contribution in [2.24, 2.45) is 0 Å². The molecule has 0 saturated heterocycles. The van der Waals surface area contributed by atoms with Crippen LogP contribution in [0.3, 0.4) is 0 Å². The van der Waals surface area contributed by atoms with E-state index in [1.54, 1.807) is 30.3 Å². The lowest BCUT2D eigenvalue weighted by atomic mass is 10.1. The van der Waals surface area contributed by atoms with Gasteiger partial charge in [-0.15, -0.1) is 0 Å². The first kappa shape index (κ1) is 24.4. The lowest BCUT2D eigenvalue weighted by Gasteiger charge is -2.21. The van der Waals surface area contributed by atoms with Crippen LogP contribution >= 0.6 is 0 Å². The van der Waals surface area contributed by atoms with Crippen molar-refractivity contribution >= 4 is 11.6 Å². The van der Waals surface area contributed by atoms with E-state index in [0.717, 1.165) is 36.1 Å². The molecule has 35 heavy (non-hydrogen) atoms. The van der Waals surface area contributed by atoms with Crippen LogP contribution in [0.4, 0.5) is 19.0 Å². The van der Waals surface area contributed by atoms with E-state index in [4.69, 9.17) is 9.47 Å². The average Bonchev–Trinajstić information content (AvgIpc) is 3.31. The van der Waals surface area contributed by atoms with Gasteiger partial charge in [0.2, 0.25) is 5.88 Å². The molecular weight excluding hydrogens is 463 g/mol. The number of fused-ring (bicyclic) bond motifs is 1. The number of methoxy groups -OCH3 is 1. The van der Waals surface area contributed by atoms with E-state index in [1.807, 2.05) is 0 Å². The number of aryl methyl sites for hydroxylation is 1. The molecule has 0 radical (unpaired) electrons. The topological polar surface area (TPSA) is 90.3 Å². The summed E-state index contributed by atoms with van der Waals surface area (Å²) in [4.78, 5) is 32.1. The molecule has 0 bridgehead atoms. The van der Waals surface area contributed by atoms with Gasteiger partial charge < -0.3 is 14.4 Å². The molecule has 3 aromatic rings. The van der Waals surface area contributed by atoms with E-state index in [2.05, 4.69) is 19.9 Å². The molecule has 3 heterocycles. The number of hydrogen-bond donors (Lipinski definition) is 0. The summed E-state index contributed by atoms with van der Waals surface area (Å²) in [7, 11) is 3.31. The normalized spacial score (nSPS) is 12.8. The van der Waals surface area contributed by atoms with Gasteiger partial charge in [0.1, 0.15) is 17.3 Å². The Bertz CT molecular complexity index is 1200. The Morgan fingerprint density at radius 2 is 1.97 bits per heavy atom. The largest absolute Gasteiger partial charge is 0.484 e. The summed E-state index contributed by atoms with van der Waals surface area (Å²) in [6, 6.07) is 6.23. The number of carbonyl (C=O) groups is 1. The van der Waals surface area contributed by atoms with E-state index in [9.17, 15) is 18.0 Å². The van der Waals surface area contributed by atoms with Gasteiger partial charge in [0.05, 0.1) is 13.7 Å². The van der Waals surface area contributed by atoms with Gasteiger partial charge in [-0.3, -0.25) is 9.78 Å². The second-order valence-electron chi connectivity index (χ2n) is 8.21. The minimum absolute atomic E-state index is 0.0213. The molecule has 0 spiro atoms. The summed E-state index contributed by atoms with van der Waals surface area (Å²) in [6.07, 6.45) is 1.17. The number of ketones is 1. The molecule has 11 heteroatoms. The standard InChI is InChI=1S/C24H24F3N5O3/c1-32(13-16(33)10-15-6-7-21(34-2)29-12-15)23-18-4-3-5-19(18)30-22(31-23)20-11-17(8-9-28-20)35-14-24(25,26)27/h6-9,11-12H,3-5,10,13-14H2,1-2H3. The van der Waals surface area contributed by atoms with Gasteiger partial charge >= 0.3 is 6.18 Å². The second-order valence-corrected chi connectivity index (χ2v) is 8.21. The highest BCUT2D eigenvalue weighted by atomic mass is 19.4. The highest BCUT2D eigenvalue weighted by Gasteiger charge is 2.29. The molecular formula is C24H24F3N5O3. The summed E-state index contributed by atoms with van der Waals surface area (Å²) >= 11 is 0. The third-order valence-corrected chi connectivity index (χ3v) is 5.46. The minimum Gasteiger partial charge on any atom is -0.484 e. The van der Waals surface area contributed by atoms with Crippen molar-refractivity contribution < 1.29 is 27.4 Å². The Morgan fingerprint density at radius 3 is 2.69 bits per heavy atom. The third kappa shape index (κ3) is 6.23. The fourth-order valence-corrected chi connectivity index (χ4v) is 3.89. The van der Waals surface area contributed by atoms with Crippen molar-refractivity contribution in [2.75, 3.05) is 32.2 Å². The van der Waals surface area contributed by atoms with Crippen molar-refractivity contribution in [3.05, 3.63) is 53.5 Å². The molecule has 1 aliphatic carbocycles. The molecule has 4 rings (SSSR count). The Kier molecular flexibility index (Phi) is 7.13. The van der Waals surface area contributed by atoms with Crippen LogP contribution in [0.5, 0.6) is 11.6 Å². The van der Waals surface area contributed by atoms with Crippen molar-refractivity contribution in [3.63, 3.8) is 0 Å². The number of aromatic nitrogens is 4. The van der Waals surface area contributed by atoms with Gasteiger partial charge in [-0.1, -0.05) is 6.07 Å². The summed E-state index contributed by atoms with van der Waals surface area (Å²) in [5.41, 5.74) is 2.90. The molecule has 0 atom stereocenters. The van der Waals surface area contributed by atoms with Crippen LogP contribution < -0.4 is 14.4 Å². The van der Waals surface area contributed by atoms with Gasteiger partial charge in [0, 0.05) is 49.3 Å². The molecule has 0 saturated carbocycles. The maximum atomic E-state index is 12.7. The number of anilines is 1. The van der Waals surface area contributed by atoms with E-state index < -0.39 is 12.8 Å². The predicted molar refractivity (Wildman–Crippen MR) is 122 cm³/mol. The molecule has 8 nitrogen and oxygen atoms in total. The number of likely N-dealkylation sites (N-methyl/N-ethyl adjacent to an activating group) is 1. The summed E-state index contributed by atoms with van der Waals surface area (Å²) in [5, 5.41) is 0. The summed E-state index contributed by atoms with van der Waals surface area (Å²) in [5.74, 6) is 1.37. The quantitative estimate of drug-likeness (QED) is 0.452. The lowest BCUT2D eigenvalue weighted by molar-refractivity contribution is -0.153. The van der Waals surface area contributed by atoms with E-state index in [0.29, 0.717) is 17.4 Å². The van der Waals surface area contributed by atoms with Crippen LogP contribution in [0.15, 0.2) is 36.7 Å². The van der Waals surface area contributed by atoms with Crippen LogP contribution in [0.1, 0.15) is 23.2 Å². The first-order valence-corrected chi connectivity index (χ1v) is 11.0. The van der Waals surface area contributed by atoms with Gasteiger partial charge in [0.25, 0.3) is 0 Å². The third-order valence-electron chi connectivity index (χ3n) is 5.46. The predicted octanol–water partition coefficient (Wildman–Crippen LogP) is 3.62. The molecule has 0 fully saturated rings. The molecule has 1 aliphatic rings. The van der Waals surface area contributed by atoms with Crippen molar-refractivity contribution in [1.29, 1.82) is 0 Å². The maximum absolute atomic E-state index is 12.7. The van der Waals surface area contributed by atoms with Gasteiger partial charge in [-0.05, 0) is 30.9 Å². The Labute approximate surface area is 200 Å². The molecule has 0 aromatic carbocycles. The zero-order valence-corrected chi connectivity index (χ0v) is 19.3. The maximum Gasteiger partial charge on any atom is 0.422 e. The van der Waals surface area contributed by atoms with Crippen LogP contribution in [-0.4, -0.2) is 59.2 Å². The number of carbonyl (C=O) groups excluding carboxylic acids is 1. The van der Waals surface area contributed by atoms with E-state index >= 15 is 0 Å². The van der Waals surface area contributed by atoms with Gasteiger partial charge in [-0.25, -0.2) is 15.0 Å². The molecule has 0 amide bonds. The smallest absolute Gasteiger partial charge is 0.422 e. The van der Waals surface area contributed by atoms with Crippen LogP contribution in [0, 0.1) is 0 Å². The number of rotatable bonds is 9. The summed E-state index contributed by atoms with van der Waals surface area (Å²) in [6.45, 7) is -1.28. The summed E-state index contributed by atoms with van der Waals surface area (Å²) < 4.78 is 47.5. The fraction of sp³-hybridized carbons (Fsp3) is 0.375. The first-order chi connectivity index (χ1) is 16.7. The zero-order chi connectivity index (χ0) is 25.0. The molecule has 0 unspecified atom stereocenters. The lowest BCUT2D eigenvalue weighted by Crippen LogP contribution is -2.28. The Morgan fingerprint density at radius 1 is 1.14 bits per heavy atom. The number of Topliss-reactive ketones (excluding diaryl/α,β-unsaturated/α-hetero) is 1. The Hall–Kier alpha value is -3.76. The monoisotopic (exact) mass is 487 g/mol. The van der Waals surface area contributed by atoms with Crippen molar-refractivity contribution in [3.8, 4) is 23.1 Å². The van der Waals surface area contributed by atoms with Crippen molar-refractivity contribution in [2.45, 2.75) is 31.9 Å². The number of hydrogen-bond acceptors (Lipinski definition) is 8. The second kappa shape index (κ2) is 10.2. The SMILES string of the molecule is COc1ccc(CC(=O)CN(C)c2nc(-c3cc(OCC(F)(F)F)ccn3)nc3c2CCC3)cn1. The number of pyridine rings is 2. The van der Waals surface area contributed by atoms with Crippen molar-refractivity contribution in [1.82, 2.24) is 19.9 Å². The minimum atomic E-state index is -4.45. The highest BCUT2D eigenvalue weighted by Crippen LogP contribution is 2.31. The molecule has 0 N–H and O–H groups in total. The highest BCUT2D eigenvalue weighted by molar-refractivity contribution is 5.85. The van der Waals surface area contributed by atoms with E-state index in [1.165, 1.54) is 25.4 Å². The first-order valence-electron chi connectivity index (χ1n) is 11.0. The fourth-order valence-electron chi connectivity index (χ4n) is 3.89. The average molecular weight is 487 g/mol. The number of alkyl halides is 3. The van der Waals surface area contributed by atoms with Gasteiger partial charge in [0.15, 0.2) is 18.2 Å².